The van der Waals surface area contributed by atoms with Crippen LogP contribution < -0.4 is 46.5 Å². The Morgan fingerprint density at radius 3 is 1.05 bits per heavy atom. The van der Waals surface area contributed by atoms with Crippen LogP contribution in [-0.2, 0) is 22.8 Å². The van der Waals surface area contributed by atoms with E-state index in [0.29, 0.717) is 19.0 Å². The molecule has 0 fully saturated rings. The standard InChI is InChI=1S/C31H31N3O3.C30H29N3O3.C23H24N4O3.CO2/c1-22(2)32-21-33(28(25-15-9-5-10-16-25)26-17-11-6-12-18-26)34-23(3)19-27(35)30(29(34)31(32)36)37-20-24-13-7-4-8-14-24;1-22(2)31-21-33(27(24-14-8-4-9-15-24)25-16-10-5-11-17-25)32-19-18-26(34)29(28(32)30(31)35)36-20-23-12-6-3-7-13-23;1-15(2)25-14-26(27-19(24)13-18(28)22(29)21(27)23(25)30)20(16-9-5-3-6-10-16)17-11-7-4-8-12-17;2-1-3/h4-19,22,28H,20-21H2,1-3H3;3-19,22,27H,20-21H2,1-2H3;3-13,15,20,29H,14,24H2,1-2H3;. The van der Waals surface area contributed by atoms with Crippen molar-refractivity contribution < 1.29 is 38.6 Å². The van der Waals surface area contributed by atoms with Crippen molar-refractivity contribution >= 4 is 29.7 Å². The fraction of sp³-hybridized carbons (Fsp3) is 0.212. The van der Waals surface area contributed by atoms with Crippen molar-refractivity contribution in [3.63, 3.8) is 0 Å². The van der Waals surface area contributed by atoms with Gasteiger partial charge in [0, 0.05) is 48.2 Å². The van der Waals surface area contributed by atoms with E-state index in [4.69, 9.17) is 24.8 Å². The number of hydrogen-bond donors (Lipinski definition) is 2. The maximum Gasteiger partial charge on any atom is 0.373 e. The van der Waals surface area contributed by atoms with Gasteiger partial charge in [0.1, 0.15) is 39.0 Å². The minimum Gasteiger partial charge on any atom is -0.502 e. The van der Waals surface area contributed by atoms with Crippen LogP contribution >= 0.6 is 0 Å². The van der Waals surface area contributed by atoms with Gasteiger partial charge >= 0.3 is 6.15 Å². The fourth-order valence-corrected chi connectivity index (χ4v) is 13.4. The summed E-state index contributed by atoms with van der Waals surface area (Å²) in [6.45, 7) is 15.0. The third kappa shape index (κ3) is 16.1. The molecule has 6 heterocycles. The van der Waals surface area contributed by atoms with E-state index in [-0.39, 0.29) is 119 Å². The summed E-state index contributed by atoms with van der Waals surface area (Å²) in [6.07, 6.45) is 1.93. The highest BCUT2D eigenvalue weighted by molar-refractivity contribution is 5.98. The van der Waals surface area contributed by atoms with Gasteiger partial charge in [0.15, 0.2) is 34.3 Å². The van der Waals surface area contributed by atoms with Crippen molar-refractivity contribution in [1.29, 1.82) is 0 Å². The van der Waals surface area contributed by atoms with Crippen molar-refractivity contribution in [2.24, 2.45) is 0 Å². The number of rotatable bonds is 18. The van der Waals surface area contributed by atoms with Crippen LogP contribution in [0.5, 0.6) is 17.2 Å². The number of carbonyl (C=O) groups excluding carboxylic acids is 5. The number of carbonyl (C=O) groups is 3. The lowest BCUT2D eigenvalue weighted by atomic mass is 9.98. The second kappa shape index (κ2) is 33.9. The largest absolute Gasteiger partial charge is 0.502 e. The van der Waals surface area contributed by atoms with Gasteiger partial charge in [-0.2, -0.15) is 9.59 Å². The first-order chi connectivity index (χ1) is 51.3. The molecule has 106 heavy (non-hydrogen) atoms. The molecular weight excluding hydrogens is 1340 g/mol. The van der Waals surface area contributed by atoms with Gasteiger partial charge < -0.3 is 35.0 Å². The molecular formula is C85H84N10O11. The van der Waals surface area contributed by atoms with Crippen LogP contribution in [-0.4, -0.2) is 95.8 Å². The average Bonchev–Trinajstić information content (AvgIpc) is 0.755. The molecule has 3 N–H and O–H groups in total. The maximum atomic E-state index is 13.9. The summed E-state index contributed by atoms with van der Waals surface area (Å²) in [6, 6.07) is 83.1. The van der Waals surface area contributed by atoms with Crippen molar-refractivity contribution in [3.8, 4) is 17.2 Å². The van der Waals surface area contributed by atoms with Gasteiger partial charge in [-0.25, -0.2) is 4.68 Å². The SMILES string of the molecule is CC(C)N1CN(C(c2ccccc2)c2ccccc2)n2c(N)cc(=O)c(O)c2C1=O.CC(C)N1CN(C(c2ccccc2)c2ccccc2)n2ccc(=O)c(OCc3ccccc3)c2C1=O.Cc1cc(=O)c(OCc2ccccc2)c2n1N(C(c1ccccc1)c1ccccc1)CN(C(C)C)C2=O.O=C=O. The number of aryl methyl sites for hydroxylation is 1. The molecule has 3 amide bonds. The molecule has 3 aliphatic rings. The Kier molecular flexibility index (Phi) is 23.7. The van der Waals surface area contributed by atoms with Gasteiger partial charge in [-0.3, -0.25) is 53.1 Å². The highest BCUT2D eigenvalue weighted by Gasteiger charge is 2.42. The van der Waals surface area contributed by atoms with Crippen LogP contribution in [0.1, 0.15) is 141 Å². The number of aromatic hydroxyl groups is 1. The first-order valence-corrected chi connectivity index (χ1v) is 34.9. The Labute approximate surface area is 614 Å². The fourth-order valence-electron chi connectivity index (χ4n) is 13.4. The molecule has 14 rings (SSSR count). The van der Waals surface area contributed by atoms with Crippen LogP contribution in [0, 0.1) is 6.92 Å². The van der Waals surface area contributed by atoms with Crippen molar-refractivity contribution in [1.82, 2.24) is 28.7 Å². The summed E-state index contributed by atoms with van der Waals surface area (Å²) in [5.41, 5.74) is 14.2. The van der Waals surface area contributed by atoms with Gasteiger partial charge in [-0.15, -0.1) is 0 Å². The van der Waals surface area contributed by atoms with E-state index in [2.05, 4.69) is 58.5 Å². The molecule has 3 aromatic heterocycles. The number of benzene rings is 8. The number of hydrogen-bond acceptors (Lipinski definition) is 15. The average molecular weight is 1420 g/mol. The Morgan fingerprint density at radius 1 is 0.387 bits per heavy atom. The van der Waals surface area contributed by atoms with Crippen molar-refractivity contribution in [3.05, 3.63) is 365 Å². The normalized spacial score (nSPS) is 13.1. The van der Waals surface area contributed by atoms with E-state index in [1.54, 1.807) is 31.6 Å². The number of aromatic nitrogens is 3. The Hall–Kier alpha value is -13.0. The molecule has 21 nitrogen and oxygen atoms in total. The number of ether oxygens (including phenoxy) is 2. The second-order valence-corrected chi connectivity index (χ2v) is 26.4. The van der Waals surface area contributed by atoms with Gasteiger partial charge in [0.2, 0.25) is 16.3 Å². The van der Waals surface area contributed by atoms with Crippen LogP contribution in [0.25, 0.3) is 0 Å². The predicted molar refractivity (Wildman–Crippen MR) is 407 cm³/mol. The first-order valence-electron chi connectivity index (χ1n) is 34.9. The molecule has 3 aliphatic heterocycles. The lowest BCUT2D eigenvalue weighted by Crippen LogP contribution is -2.58. The van der Waals surface area contributed by atoms with Crippen molar-refractivity contribution in [2.45, 2.75) is 97.9 Å². The molecule has 0 unspecified atom stereocenters. The highest BCUT2D eigenvalue weighted by Crippen LogP contribution is 2.38. The number of nitrogen functional groups attached to an aromatic ring is 1. The van der Waals surface area contributed by atoms with E-state index < -0.39 is 17.1 Å². The van der Waals surface area contributed by atoms with Crippen LogP contribution in [0.3, 0.4) is 0 Å². The zero-order valence-corrected chi connectivity index (χ0v) is 60.0. The summed E-state index contributed by atoms with van der Waals surface area (Å²) in [7, 11) is 0. The van der Waals surface area contributed by atoms with Gasteiger partial charge in [0.05, 0.1) is 18.1 Å². The van der Waals surface area contributed by atoms with E-state index in [1.165, 1.54) is 10.7 Å². The quantitative estimate of drug-likeness (QED) is 0.0813. The predicted octanol–water partition coefficient (Wildman–Crippen LogP) is 12.4. The Balaban J connectivity index is 0.000000157. The Bertz CT molecular complexity index is 4930. The number of fused-ring (bicyclic) bond motifs is 3. The molecule has 540 valence electrons. The minimum atomic E-state index is -0.673. The van der Waals surface area contributed by atoms with E-state index in [1.807, 2.05) is 252 Å². The van der Waals surface area contributed by atoms with Gasteiger partial charge in [0.25, 0.3) is 17.7 Å². The smallest absolute Gasteiger partial charge is 0.373 e. The summed E-state index contributed by atoms with van der Waals surface area (Å²) in [4.78, 5) is 101. The molecule has 21 heteroatoms. The molecule has 0 atom stereocenters. The number of pyridine rings is 3. The maximum absolute atomic E-state index is 13.9. The molecule has 11 aromatic rings. The van der Waals surface area contributed by atoms with Crippen LogP contribution in [0.2, 0.25) is 0 Å². The number of amides is 3. The molecule has 0 bridgehead atoms. The second-order valence-electron chi connectivity index (χ2n) is 26.4. The van der Waals surface area contributed by atoms with Gasteiger partial charge in [-0.05, 0) is 93.0 Å². The zero-order valence-electron chi connectivity index (χ0n) is 60.0. The molecule has 0 radical (unpaired) electrons. The lowest BCUT2D eigenvalue weighted by Gasteiger charge is -2.46. The summed E-state index contributed by atoms with van der Waals surface area (Å²) >= 11 is 0. The van der Waals surface area contributed by atoms with Gasteiger partial charge in [-0.1, -0.05) is 243 Å². The van der Waals surface area contributed by atoms with E-state index in [0.717, 1.165) is 50.6 Å². The number of nitrogens with two attached hydrogens (primary N) is 1. The molecule has 0 aliphatic carbocycles. The monoisotopic (exact) mass is 1420 g/mol. The van der Waals surface area contributed by atoms with Crippen molar-refractivity contribution in [2.75, 3.05) is 40.8 Å². The van der Waals surface area contributed by atoms with E-state index in [9.17, 15) is 33.9 Å². The van der Waals surface area contributed by atoms with E-state index >= 15 is 0 Å². The number of anilines is 1. The van der Waals surface area contributed by atoms with Crippen LogP contribution in [0.4, 0.5) is 5.82 Å². The minimum absolute atomic E-state index is 0.0709. The summed E-state index contributed by atoms with van der Waals surface area (Å²) in [5, 5.41) is 16.7. The molecule has 0 spiro atoms. The third-order valence-corrected chi connectivity index (χ3v) is 18.5. The first kappa shape index (κ1) is 74.2. The lowest BCUT2D eigenvalue weighted by molar-refractivity contribution is -0.191. The Morgan fingerprint density at radius 2 is 0.689 bits per heavy atom. The molecule has 8 aromatic carbocycles. The number of nitrogens with zero attached hydrogens (tertiary/aromatic N) is 9. The molecule has 0 saturated carbocycles. The topological polar surface area (TPSA) is 235 Å². The highest BCUT2D eigenvalue weighted by atomic mass is 16.5. The zero-order chi connectivity index (χ0) is 75.1. The summed E-state index contributed by atoms with van der Waals surface area (Å²) < 4.78 is 17.3. The summed E-state index contributed by atoms with van der Waals surface area (Å²) in [5.74, 6) is -1.21. The van der Waals surface area contributed by atoms with Crippen LogP contribution in [0.15, 0.2) is 281 Å². The third-order valence-electron chi connectivity index (χ3n) is 18.5. The molecule has 0 saturated heterocycles.